The van der Waals surface area contributed by atoms with E-state index in [2.05, 4.69) is 5.32 Å². The summed E-state index contributed by atoms with van der Waals surface area (Å²) >= 11 is 0. The molecule has 0 aromatic rings. The monoisotopic (exact) mass is 229 g/mol. The highest BCUT2D eigenvalue weighted by atomic mass is 16.5. The Bertz CT molecular complexity index is 267. The third-order valence-corrected chi connectivity index (χ3v) is 2.82. The lowest BCUT2D eigenvalue weighted by molar-refractivity contribution is -0.141. The summed E-state index contributed by atoms with van der Waals surface area (Å²) in [6.45, 7) is 3.96. The first-order valence-electron chi connectivity index (χ1n) is 5.66. The average molecular weight is 229 g/mol. The quantitative estimate of drug-likeness (QED) is 0.730. The van der Waals surface area contributed by atoms with Crippen molar-refractivity contribution in [2.24, 2.45) is 5.92 Å². The molecule has 0 aromatic carbocycles. The van der Waals surface area contributed by atoms with Crippen molar-refractivity contribution < 1.29 is 19.4 Å². The van der Waals surface area contributed by atoms with Crippen LogP contribution in [0.25, 0.3) is 0 Å². The Labute approximate surface area is 95.2 Å². The summed E-state index contributed by atoms with van der Waals surface area (Å²) in [6.07, 6.45) is 1.90. The van der Waals surface area contributed by atoms with Crippen LogP contribution in [0.15, 0.2) is 0 Å². The van der Waals surface area contributed by atoms with E-state index in [-0.39, 0.29) is 18.1 Å². The van der Waals surface area contributed by atoms with E-state index in [0.29, 0.717) is 13.0 Å². The van der Waals surface area contributed by atoms with Gasteiger partial charge < -0.3 is 15.2 Å². The lowest BCUT2D eigenvalue weighted by Crippen LogP contribution is -2.36. The summed E-state index contributed by atoms with van der Waals surface area (Å²) in [5, 5.41) is 11.4. The summed E-state index contributed by atoms with van der Waals surface area (Å²) in [5.41, 5.74) is 0. The molecule has 0 saturated carbocycles. The van der Waals surface area contributed by atoms with Gasteiger partial charge in [-0.1, -0.05) is 6.92 Å². The molecule has 0 spiro atoms. The van der Waals surface area contributed by atoms with Gasteiger partial charge in [0, 0.05) is 6.54 Å². The fourth-order valence-corrected chi connectivity index (χ4v) is 1.64. The molecule has 3 atom stereocenters. The number of carbonyl (C=O) groups is 2. The van der Waals surface area contributed by atoms with Crippen LogP contribution in [-0.4, -0.2) is 35.7 Å². The fraction of sp³-hybridized carbons (Fsp3) is 0.818. The molecule has 0 bridgehead atoms. The third kappa shape index (κ3) is 3.81. The highest BCUT2D eigenvalue weighted by Crippen LogP contribution is 2.18. The number of carboxylic acid groups (broad SMARTS) is 1. The minimum Gasteiger partial charge on any atom is -0.481 e. The second-order valence-corrected chi connectivity index (χ2v) is 4.33. The molecule has 0 aromatic heterocycles. The second-order valence-electron chi connectivity index (χ2n) is 4.33. The van der Waals surface area contributed by atoms with E-state index in [1.807, 2.05) is 6.92 Å². The van der Waals surface area contributed by atoms with Crippen molar-refractivity contribution in [1.82, 2.24) is 5.32 Å². The lowest BCUT2D eigenvalue weighted by atomic mass is 10.1. The molecule has 5 nitrogen and oxygen atoms in total. The van der Waals surface area contributed by atoms with Crippen molar-refractivity contribution in [3.05, 3.63) is 0 Å². The van der Waals surface area contributed by atoms with Crippen LogP contribution in [0.1, 0.15) is 33.1 Å². The molecule has 5 heteroatoms. The van der Waals surface area contributed by atoms with Crippen LogP contribution in [-0.2, 0) is 14.3 Å². The Hall–Kier alpha value is -1.10. The molecule has 1 fully saturated rings. The maximum Gasteiger partial charge on any atom is 0.306 e. The normalized spacial score (nSPS) is 26.4. The summed E-state index contributed by atoms with van der Waals surface area (Å²) in [7, 11) is 0. The van der Waals surface area contributed by atoms with Gasteiger partial charge in [-0.25, -0.2) is 0 Å². The maximum absolute atomic E-state index is 11.6. The zero-order chi connectivity index (χ0) is 12.1. The molecular weight excluding hydrogens is 210 g/mol. The molecule has 1 aliphatic rings. The number of rotatable bonds is 5. The third-order valence-electron chi connectivity index (χ3n) is 2.82. The average Bonchev–Trinajstić information content (AvgIpc) is 2.64. The Morgan fingerprint density at radius 3 is 2.69 bits per heavy atom. The van der Waals surface area contributed by atoms with Crippen molar-refractivity contribution in [3.63, 3.8) is 0 Å². The summed E-state index contributed by atoms with van der Waals surface area (Å²) in [5.74, 6) is -1.38. The van der Waals surface area contributed by atoms with Crippen molar-refractivity contribution in [2.75, 3.05) is 6.54 Å². The SMILES string of the molecule is CC1CCC(C(=O)NCCC(C)C(=O)O)O1. The largest absolute Gasteiger partial charge is 0.481 e. The van der Waals surface area contributed by atoms with Gasteiger partial charge in [-0.05, 0) is 26.2 Å². The summed E-state index contributed by atoms with van der Waals surface area (Å²) in [6, 6.07) is 0. The minimum atomic E-state index is -0.833. The van der Waals surface area contributed by atoms with Gasteiger partial charge in [0.15, 0.2) is 0 Å². The molecule has 3 unspecified atom stereocenters. The number of amides is 1. The van der Waals surface area contributed by atoms with Crippen molar-refractivity contribution in [3.8, 4) is 0 Å². The topological polar surface area (TPSA) is 75.6 Å². The van der Waals surface area contributed by atoms with E-state index in [0.717, 1.165) is 12.8 Å². The van der Waals surface area contributed by atoms with Crippen LogP contribution in [0.2, 0.25) is 0 Å². The molecule has 1 rings (SSSR count). The molecule has 92 valence electrons. The molecule has 16 heavy (non-hydrogen) atoms. The van der Waals surface area contributed by atoms with Crippen molar-refractivity contribution in [1.29, 1.82) is 0 Å². The summed E-state index contributed by atoms with van der Waals surface area (Å²) < 4.78 is 5.40. The molecular formula is C11H19NO4. The molecule has 1 heterocycles. The fourth-order valence-electron chi connectivity index (χ4n) is 1.64. The first kappa shape index (κ1) is 13.0. The molecule has 1 aliphatic heterocycles. The Kier molecular flexibility index (Phi) is 4.73. The predicted octanol–water partition coefficient (Wildman–Crippen LogP) is 0.781. The van der Waals surface area contributed by atoms with Gasteiger partial charge in [0.05, 0.1) is 12.0 Å². The highest BCUT2D eigenvalue weighted by molar-refractivity contribution is 5.81. The number of hydrogen-bond donors (Lipinski definition) is 2. The second kappa shape index (κ2) is 5.84. The van der Waals surface area contributed by atoms with Crippen LogP contribution in [0, 0.1) is 5.92 Å². The van der Waals surface area contributed by atoms with Gasteiger partial charge in [0.1, 0.15) is 6.10 Å². The van der Waals surface area contributed by atoms with E-state index in [1.54, 1.807) is 6.92 Å². The van der Waals surface area contributed by atoms with E-state index in [9.17, 15) is 9.59 Å². The van der Waals surface area contributed by atoms with Crippen LogP contribution in [0.5, 0.6) is 0 Å². The smallest absolute Gasteiger partial charge is 0.306 e. The van der Waals surface area contributed by atoms with E-state index >= 15 is 0 Å². The van der Waals surface area contributed by atoms with Crippen LogP contribution < -0.4 is 5.32 Å². The van der Waals surface area contributed by atoms with E-state index in [1.165, 1.54) is 0 Å². The van der Waals surface area contributed by atoms with Crippen LogP contribution >= 0.6 is 0 Å². The number of carboxylic acids is 1. The Morgan fingerprint density at radius 2 is 2.19 bits per heavy atom. The lowest BCUT2D eigenvalue weighted by Gasteiger charge is -2.12. The van der Waals surface area contributed by atoms with Gasteiger partial charge >= 0.3 is 5.97 Å². The van der Waals surface area contributed by atoms with Gasteiger partial charge in [-0.2, -0.15) is 0 Å². The zero-order valence-corrected chi connectivity index (χ0v) is 9.73. The van der Waals surface area contributed by atoms with Crippen molar-refractivity contribution >= 4 is 11.9 Å². The maximum atomic E-state index is 11.6. The van der Waals surface area contributed by atoms with E-state index in [4.69, 9.17) is 9.84 Å². The highest BCUT2D eigenvalue weighted by Gasteiger charge is 2.27. The van der Waals surface area contributed by atoms with Gasteiger partial charge in [-0.3, -0.25) is 9.59 Å². The number of aliphatic carboxylic acids is 1. The van der Waals surface area contributed by atoms with Gasteiger partial charge in [0.25, 0.3) is 0 Å². The Morgan fingerprint density at radius 1 is 1.50 bits per heavy atom. The molecule has 1 saturated heterocycles. The zero-order valence-electron chi connectivity index (χ0n) is 9.73. The predicted molar refractivity (Wildman–Crippen MR) is 58.0 cm³/mol. The van der Waals surface area contributed by atoms with Gasteiger partial charge in [-0.15, -0.1) is 0 Å². The van der Waals surface area contributed by atoms with Crippen molar-refractivity contribution in [2.45, 2.75) is 45.3 Å². The molecule has 0 aliphatic carbocycles. The number of hydrogen-bond acceptors (Lipinski definition) is 3. The summed E-state index contributed by atoms with van der Waals surface area (Å²) in [4.78, 5) is 22.1. The number of nitrogens with one attached hydrogen (secondary N) is 1. The standard InChI is InChI=1S/C11H19NO4/c1-7(11(14)15)5-6-12-10(13)9-4-3-8(2)16-9/h7-9H,3-6H2,1-2H3,(H,12,13)(H,14,15). The van der Waals surface area contributed by atoms with Crippen LogP contribution in [0.3, 0.4) is 0 Å². The molecule has 2 N–H and O–H groups in total. The first-order chi connectivity index (χ1) is 7.50. The Balaban J connectivity index is 2.18. The van der Waals surface area contributed by atoms with Gasteiger partial charge in [0.2, 0.25) is 5.91 Å². The number of carbonyl (C=O) groups excluding carboxylic acids is 1. The first-order valence-corrected chi connectivity index (χ1v) is 5.66. The van der Waals surface area contributed by atoms with E-state index < -0.39 is 11.9 Å². The molecule has 1 amide bonds. The molecule has 0 radical (unpaired) electrons. The van der Waals surface area contributed by atoms with Crippen LogP contribution in [0.4, 0.5) is 0 Å². The number of ether oxygens (including phenoxy) is 1. The minimum absolute atomic E-state index is 0.123.